The molecule has 1 aliphatic heterocycles. The Bertz CT molecular complexity index is 969. The van der Waals surface area contributed by atoms with E-state index in [9.17, 15) is 4.79 Å². The first-order valence-electron chi connectivity index (χ1n) is 8.51. The third-order valence-electron chi connectivity index (χ3n) is 4.22. The maximum absolute atomic E-state index is 13.2. The molecule has 5 nitrogen and oxygen atoms in total. The van der Waals surface area contributed by atoms with E-state index >= 15 is 0 Å². The van der Waals surface area contributed by atoms with Gasteiger partial charge < -0.3 is 4.57 Å². The number of aromatic nitrogens is 3. The summed E-state index contributed by atoms with van der Waals surface area (Å²) in [6, 6.07) is 16.0. The number of allylic oxidation sites excluding steroid dienone is 1. The van der Waals surface area contributed by atoms with Crippen molar-refractivity contribution in [1.29, 1.82) is 0 Å². The van der Waals surface area contributed by atoms with Crippen molar-refractivity contribution in [1.82, 2.24) is 14.8 Å². The molecule has 0 fully saturated rings. The number of anilines is 2. The van der Waals surface area contributed by atoms with Crippen LogP contribution in [-0.2, 0) is 11.3 Å². The highest BCUT2D eigenvalue weighted by atomic mass is 32.2. The second-order valence-corrected chi connectivity index (χ2v) is 8.01. The van der Waals surface area contributed by atoms with Gasteiger partial charge >= 0.3 is 0 Å². The lowest BCUT2D eigenvalue weighted by Crippen LogP contribution is -2.30. The number of hydrogen-bond donors (Lipinski definition) is 0. The molecule has 0 radical (unpaired) electrons. The molecular weight excluding hydrogens is 376 g/mol. The number of nitrogens with zero attached hydrogens (tertiary/aromatic N) is 4. The largest absolute Gasteiger partial charge is 0.302 e. The Morgan fingerprint density at radius 3 is 2.37 bits per heavy atom. The van der Waals surface area contributed by atoms with Crippen molar-refractivity contribution >= 4 is 40.8 Å². The van der Waals surface area contributed by atoms with Crippen molar-refractivity contribution in [2.75, 3.05) is 10.7 Å². The molecule has 3 aromatic rings. The molecule has 0 unspecified atom stereocenters. The lowest BCUT2D eigenvalue weighted by Gasteiger charge is -2.30. The summed E-state index contributed by atoms with van der Waals surface area (Å²) in [7, 11) is 0. The summed E-state index contributed by atoms with van der Waals surface area (Å²) in [5.74, 6) is 1.11. The molecular formula is C20H18N4OS2. The molecule has 0 saturated carbocycles. The SMILES string of the molecule is C=CCn1c(C)nnc1SCC(=O)N1c2ccccc2Sc2ccccc21. The van der Waals surface area contributed by atoms with Gasteiger partial charge in [-0.05, 0) is 31.2 Å². The molecule has 0 aliphatic carbocycles. The molecule has 136 valence electrons. The standard InChI is InChI=1S/C20H18N4OS2/c1-3-12-23-14(2)21-22-20(23)26-13-19(25)24-15-8-4-6-10-17(15)27-18-11-7-5-9-16(18)24/h3-11H,1,12-13H2,2H3. The highest BCUT2D eigenvalue weighted by Gasteiger charge is 2.28. The van der Waals surface area contributed by atoms with Crippen LogP contribution in [0.4, 0.5) is 11.4 Å². The Morgan fingerprint density at radius 2 is 1.74 bits per heavy atom. The number of hydrogen-bond acceptors (Lipinski definition) is 5. The predicted molar refractivity (Wildman–Crippen MR) is 110 cm³/mol. The normalized spacial score (nSPS) is 12.4. The summed E-state index contributed by atoms with van der Waals surface area (Å²) in [6.45, 7) is 6.30. The molecule has 0 bridgehead atoms. The van der Waals surface area contributed by atoms with Gasteiger partial charge in [0.15, 0.2) is 5.16 Å². The van der Waals surface area contributed by atoms with Gasteiger partial charge in [-0.3, -0.25) is 9.69 Å². The van der Waals surface area contributed by atoms with Crippen LogP contribution in [0.3, 0.4) is 0 Å². The smallest absolute Gasteiger partial charge is 0.242 e. The van der Waals surface area contributed by atoms with E-state index in [1.807, 2.05) is 64.9 Å². The van der Waals surface area contributed by atoms with Crippen molar-refractivity contribution < 1.29 is 4.79 Å². The minimum Gasteiger partial charge on any atom is -0.302 e. The number of carbonyl (C=O) groups is 1. The molecule has 2 heterocycles. The van der Waals surface area contributed by atoms with Gasteiger partial charge in [0.05, 0.1) is 17.1 Å². The zero-order valence-electron chi connectivity index (χ0n) is 14.8. The summed E-state index contributed by atoms with van der Waals surface area (Å²) >= 11 is 3.09. The summed E-state index contributed by atoms with van der Waals surface area (Å²) in [6.07, 6.45) is 1.80. The fourth-order valence-corrected chi connectivity index (χ4v) is 4.87. The molecule has 27 heavy (non-hydrogen) atoms. The van der Waals surface area contributed by atoms with Gasteiger partial charge in [-0.25, -0.2) is 0 Å². The number of amides is 1. The van der Waals surface area contributed by atoms with Gasteiger partial charge in [0, 0.05) is 16.3 Å². The highest BCUT2D eigenvalue weighted by molar-refractivity contribution is 8.00. The highest BCUT2D eigenvalue weighted by Crippen LogP contribution is 2.48. The molecule has 0 spiro atoms. The van der Waals surface area contributed by atoms with Crippen molar-refractivity contribution in [2.24, 2.45) is 0 Å². The lowest BCUT2D eigenvalue weighted by molar-refractivity contribution is -0.115. The summed E-state index contributed by atoms with van der Waals surface area (Å²) in [5.41, 5.74) is 1.85. The van der Waals surface area contributed by atoms with E-state index in [-0.39, 0.29) is 11.7 Å². The molecule has 7 heteroatoms. The molecule has 0 saturated heterocycles. The van der Waals surface area contributed by atoms with Crippen molar-refractivity contribution in [3.63, 3.8) is 0 Å². The second kappa shape index (κ2) is 7.62. The van der Waals surface area contributed by atoms with E-state index in [0.29, 0.717) is 6.54 Å². The third-order valence-corrected chi connectivity index (χ3v) is 6.30. The fourth-order valence-electron chi connectivity index (χ4n) is 2.97. The monoisotopic (exact) mass is 394 g/mol. The van der Waals surface area contributed by atoms with Crippen LogP contribution in [0.5, 0.6) is 0 Å². The number of rotatable bonds is 5. The average molecular weight is 395 g/mol. The number of fused-ring (bicyclic) bond motifs is 2. The van der Waals surface area contributed by atoms with E-state index in [1.165, 1.54) is 11.8 Å². The van der Waals surface area contributed by atoms with Gasteiger partial charge in [0.2, 0.25) is 5.91 Å². The summed E-state index contributed by atoms with van der Waals surface area (Å²) in [5, 5.41) is 9.04. The van der Waals surface area contributed by atoms with Gasteiger partial charge in [0.1, 0.15) is 5.82 Å². The van der Waals surface area contributed by atoms with Crippen molar-refractivity contribution in [3.8, 4) is 0 Å². The van der Waals surface area contributed by atoms with Crippen molar-refractivity contribution in [3.05, 3.63) is 67.0 Å². The van der Waals surface area contributed by atoms with Crippen LogP contribution < -0.4 is 4.90 Å². The van der Waals surface area contributed by atoms with Crippen LogP contribution in [0.15, 0.2) is 76.1 Å². The molecule has 4 rings (SSSR count). The fraction of sp³-hybridized carbons (Fsp3) is 0.150. The number of benzene rings is 2. The van der Waals surface area contributed by atoms with Crippen LogP contribution in [0.2, 0.25) is 0 Å². The number of para-hydroxylation sites is 2. The van der Waals surface area contributed by atoms with E-state index < -0.39 is 0 Å². The summed E-state index contributed by atoms with van der Waals surface area (Å²) < 4.78 is 1.96. The van der Waals surface area contributed by atoms with E-state index in [0.717, 1.165) is 32.1 Å². The van der Waals surface area contributed by atoms with Crippen LogP contribution in [0.25, 0.3) is 0 Å². The molecule has 1 amide bonds. The Morgan fingerprint density at radius 1 is 1.11 bits per heavy atom. The zero-order valence-corrected chi connectivity index (χ0v) is 16.5. The van der Waals surface area contributed by atoms with Gasteiger partial charge in [-0.2, -0.15) is 0 Å². The quantitative estimate of drug-likeness (QED) is 0.464. The topological polar surface area (TPSA) is 51.0 Å². The average Bonchev–Trinajstić information content (AvgIpc) is 3.04. The van der Waals surface area contributed by atoms with Gasteiger partial charge in [-0.1, -0.05) is 53.9 Å². The maximum Gasteiger partial charge on any atom is 0.242 e. The number of carbonyl (C=O) groups excluding carboxylic acids is 1. The number of thioether (sulfide) groups is 1. The third kappa shape index (κ3) is 3.40. The van der Waals surface area contributed by atoms with E-state index in [1.54, 1.807) is 17.8 Å². The van der Waals surface area contributed by atoms with Crippen molar-refractivity contribution in [2.45, 2.75) is 28.4 Å². The summed E-state index contributed by atoms with van der Waals surface area (Å²) in [4.78, 5) is 17.2. The van der Waals surface area contributed by atoms with Crippen LogP contribution in [-0.4, -0.2) is 26.4 Å². The van der Waals surface area contributed by atoms with Crippen LogP contribution in [0, 0.1) is 6.92 Å². The maximum atomic E-state index is 13.2. The second-order valence-electron chi connectivity index (χ2n) is 5.98. The van der Waals surface area contributed by atoms with Crippen LogP contribution in [0.1, 0.15) is 5.82 Å². The first-order valence-corrected chi connectivity index (χ1v) is 10.3. The number of aryl methyl sites for hydroxylation is 1. The Hall–Kier alpha value is -2.51. The van der Waals surface area contributed by atoms with Crippen LogP contribution >= 0.6 is 23.5 Å². The molecule has 0 N–H and O–H groups in total. The van der Waals surface area contributed by atoms with Gasteiger partial charge in [-0.15, -0.1) is 16.8 Å². The zero-order chi connectivity index (χ0) is 18.8. The molecule has 1 aromatic heterocycles. The first kappa shape index (κ1) is 17.9. The molecule has 1 aliphatic rings. The minimum atomic E-state index is 0.0195. The van der Waals surface area contributed by atoms with E-state index in [4.69, 9.17) is 0 Å². The Labute approximate surface area is 166 Å². The lowest BCUT2D eigenvalue weighted by atomic mass is 10.2. The molecule has 0 atom stereocenters. The Kier molecular flexibility index (Phi) is 5.05. The molecule has 2 aromatic carbocycles. The van der Waals surface area contributed by atoms with Gasteiger partial charge in [0.25, 0.3) is 0 Å². The van der Waals surface area contributed by atoms with E-state index in [2.05, 4.69) is 16.8 Å². The predicted octanol–water partition coefficient (Wildman–Crippen LogP) is 4.69. The minimum absolute atomic E-state index is 0.0195. The first-order chi connectivity index (χ1) is 13.2. The Balaban J connectivity index is 1.62.